The van der Waals surface area contributed by atoms with Crippen LogP contribution in [0.15, 0.2) is 33.4 Å². The number of thiophene rings is 1. The normalized spacial score (nSPS) is 10.5. The lowest BCUT2D eigenvalue weighted by molar-refractivity contribution is 0.0784. The van der Waals surface area contributed by atoms with Crippen LogP contribution >= 0.6 is 27.3 Å². The highest BCUT2D eigenvalue weighted by atomic mass is 79.9. The second kappa shape index (κ2) is 5.79. The fourth-order valence-corrected chi connectivity index (χ4v) is 2.87. The van der Waals surface area contributed by atoms with Gasteiger partial charge in [-0.2, -0.15) is 0 Å². The van der Waals surface area contributed by atoms with Crippen molar-refractivity contribution < 1.29 is 13.6 Å². The van der Waals surface area contributed by atoms with Crippen LogP contribution in [0.25, 0.3) is 0 Å². The Bertz CT molecular complexity index is 594. The van der Waals surface area contributed by atoms with E-state index < -0.39 is 17.5 Å². The van der Waals surface area contributed by atoms with E-state index in [1.165, 1.54) is 16.2 Å². The van der Waals surface area contributed by atoms with Crippen LogP contribution in [0.2, 0.25) is 0 Å². The first kappa shape index (κ1) is 14.1. The van der Waals surface area contributed by atoms with Crippen molar-refractivity contribution in [2.45, 2.75) is 6.54 Å². The molecule has 0 saturated heterocycles. The molecular formula is C13H10BrF2NOS. The van der Waals surface area contributed by atoms with Gasteiger partial charge < -0.3 is 4.90 Å². The predicted molar refractivity (Wildman–Crippen MR) is 74.2 cm³/mol. The highest BCUT2D eigenvalue weighted by molar-refractivity contribution is 9.11. The van der Waals surface area contributed by atoms with Crippen molar-refractivity contribution in [2.24, 2.45) is 0 Å². The van der Waals surface area contributed by atoms with Gasteiger partial charge >= 0.3 is 0 Å². The summed E-state index contributed by atoms with van der Waals surface area (Å²) in [6.45, 7) is 0.388. The molecule has 2 aromatic rings. The van der Waals surface area contributed by atoms with Crippen LogP contribution in [0.5, 0.6) is 0 Å². The van der Waals surface area contributed by atoms with E-state index in [2.05, 4.69) is 15.9 Å². The first-order valence-electron chi connectivity index (χ1n) is 5.40. The molecule has 0 saturated carbocycles. The third kappa shape index (κ3) is 3.61. The number of amides is 1. The zero-order valence-corrected chi connectivity index (χ0v) is 12.4. The summed E-state index contributed by atoms with van der Waals surface area (Å²) in [6.07, 6.45) is 0. The molecule has 0 spiro atoms. The summed E-state index contributed by atoms with van der Waals surface area (Å²) in [5, 5.41) is 1.92. The first-order chi connectivity index (χ1) is 8.95. The Hall–Kier alpha value is -1.27. The fourth-order valence-electron chi connectivity index (χ4n) is 1.67. The fraction of sp³-hybridized carbons (Fsp3) is 0.154. The maximum Gasteiger partial charge on any atom is 0.254 e. The smallest absolute Gasteiger partial charge is 0.254 e. The van der Waals surface area contributed by atoms with Crippen molar-refractivity contribution in [2.75, 3.05) is 7.05 Å². The number of halogens is 3. The standard InChI is InChI=1S/C13H10BrF2NOS/c1-17(6-8-2-12(14)19-7-8)13(18)9-3-10(15)5-11(16)4-9/h2-5,7H,6H2,1H3. The maximum atomic E-state index is 13.1. The maximum absolute atomic E-state index is 13.1. The van der Waals surface area contributed by atoms with Crippen LogP contribution < -0.4 is 0 Å². The largest absolute Gasteiger partial charge is 0.337 e. The molecule has 0 fully saturated rings. The molecule has 0 aliphatic carbocycles. The van der Waals surface area contributed by atoms with Gasteiger partial charge in [0.05, 0.1) is 3.79 Å². The molecule has 1 heterocycles. The Morgan fingerprint density at radius 1 is 1.26 bits per heavy atom. The quantitative estimate of drug-likeness (QED) is 0.821. The van der Waals surface area contributed by atoms with Crippen LogP contribution in [-0.4, -0.2) is 17.9 Å². The van der Waals surface area contributed by atoms with Crippen LogP contribution in [0, 0.1) is 11.6 Å². The number of carbonyl (C=O) groups is 1. The van der Waals surface area contributed by atoms with E-state index >= 15 is 0 Å². The van der Waals surface area contributed by atoms with E-state index in [0.717, 1.165) is 27.5 Å². The molecule has 19 heavy (non-hydrogen) atoms. The number of hydrogen-bond donors (Lipinski definition) is 0. The Morgan fingerprint density at radius 2 is 1.89 bits per heavy atom. The SMILES string of the molecule is CN(Cc1csc(Br)c1)C(=O)c1cc(F)cc(F)c1. The van der Waals surface area contributed by atoms with E-state index in [9.17, 15) is 13.6 Å². The minimum Gasteiger partial charge on any atom is -0.337 e. The molecule has 0 N–H and O–H groups in total. The van der Waals surface area contributed by atoms with E-state index in [1.54, 1.807) is 7.05 Å². The number of nitrogens with zero attached hydrogens (tertiary/aromatic N) is 1. The van der Waals surface area contributed by atoms with Crippen molar-refractivity contribution in [1.82, 2.24) is 4.90 Å². The number of hydrogen-bond acceptors (Lipinski definition) is 2. The Kier molecular flexibility index (Phi) is 4.31. The van der Waals surface area contributed by atoms with Gasteiger partial charge in [0.25, 0.3) is 5.91 Å². The summed E-state index contributed by atoms with van der Waals surface area (Å²) >= 11 is 4.86. The van der Waals surface area contributed by atoms with Gasteiger partial charge in [-0.3, -0.25) is 4.79 Å². The zero-order chi connectivity index (χ0) is 14.0. The molecule has 0 aliphatic heterocycles. The summed E-state index contributed by atoms with van der Waals surface area (Å²) in [5.74, 6) is -1.93. The summed E-state index contributed by atoms with van der Waals surface area (Å²) in [6, 6.07) is 4.71. The monoisotopic (exact) mass is 345 g/mol. The third-order valence-corrected chi connectivity index (χ3v) is 4.05. The van der Waals surface area contributed by atoms with Crippen LogP contribution in [0.3, 0.4) is 0 Å². The molecule has 2 nitrogen and oxygen atoms in total. The van der Waals surface area contributed by atoms with Gasteiger partial charge in [0.2, 0.25) is 0 Å². The first-order valence-corrected chi connectivity index (χ1v) is 7.07. The minimum atomic E-state index is -0.755. The number of rotatable bonds is 3. The van der Waals surface area contributed by atoms with Gasteiger partial charge in [0.15, 0.2) is 0 Å². The van der Waals surface area contributed by atoms with Gasteiger partial charge in [0.1, 0.15) is 11.6 Å². The molecule has 0 bridgehead atoms. The van der Waals surface area contributed by atoms with E-state index in [1.807, 2.05) is 11.4 Å². The molecule has 0 atom stereocenters. The van der Waals surface area contributed by atoms with Gasteiger partial charge in [-0.25, -0.2) is 8.78 Å². The summed E-state index contributed by atoms with van der Waals surface area (Å²) in [5.41, 5.74) is 0.971. The lowest BCUT2D eigenvalue weighted by Crippen LogP contribution is -2.26. The lowest BCUT2D eigenvalue weighted by Gasteiger charge is -2.16. The molecule has 1 amide bonds. The molecule has 1 aromatic heterocycles. The minimum absolute atomic E-state index is 0.00861. The highest BCUT2D eigenvalue weighted by Gasteiger charge is 2.14. The zero-order valence-electron chi connectivity index (χ0n) is 9.99. The molecule has 1 aromatic carbocycles. The molecule has 2 rings (SSSR count). The lowest BCUT2D eigenvalue weighted by atomic mass is 10.2. The second-order valence-electron chi connectivity index (χ2n) is 4.08. The van der Waals surface area contributed by atoms with Crippen LogP contribution in [-0.2, 0) is 6.54 Å². The Balaban J connectivity index is 2.14. The number of carbonyl (C=O) groups excluding carboxylic acids is 1. The van der Waals surface area contributed by atoms with Crippen molar-refractivity contribution in [3.05, 3.63) is 56.2 Å². The molecule has 0 radical (unpaired) electrons. The molecule has 0 unspecified atom stereocenters. The van der Waals surface area contributed by atoms with E-state index in [-0.39, 0.29) is 5.56 Å². The summed E-state index contributed by atoms with van der Waals surface area (Å²) in [4.78, 5) is 13.5. The van der Waals surface area contributed by atoms with Crippen molar-refractivity contribution >= 4 is 33.2 Å². The molecule has 0 aliphatic rings. The van der Waals surface area contributed by atoms with Crippen LogP contribution in [0.4, 0.5) is 8.78 Å². The van der Waals surface area contributed by atoms with Crippen molar-refractivity contribution in [3.63, 3.8) is 0 Å². The van der Waals surface area contributed by atoms with E-state index in [0.29, 0.717) is 6.54 Å². The van der Waals surface area contributed by atoms with Gasteiger partial charge in [-0.1, -0.05) is 0 Å². The molecule has 100 valence electrons. The van der Waals surface area contributed by atoms with Crippen molar-refractivity contribution in [3.8, 4) is 0 Å². The average Bonchev–Trinajstić information content (AvgIpc) is 2.72. The van der Waals surface area contributed by atoms with Crippen LogP contribution in [0.1, 0.15) is 15.9 Å². The van der Waals surface area contributed by atoms with Gasteiger partial charge in [0, 0.05) is 25.2 Å². The average molecular weight is 346 g/mol. The number of benzene rings is 1. The third-order valence-electron chi connectivity index (χ3n) is 2.50. The highest BCUT2D eigenvalue weighted by Crippen LogP contribution is 2.22. The molecule has 6 heteroatoms. The predicted octanol–water partition coefficient (Wildman–Crippen LogP) is 4.06. The van der Waals surface area contributed by atoms with Gasteiger partial charge in [-0.15, -0.1) is 11.3 Å². The van der Waals surface area contributed by atoms with Crippen molar-refractivity contribution in [1.29, 1.82) is 0 Å². The summed E-state index contributed by atoms with van der Waals surface area (Å²) < 4.78 is 27.1. The Morgan fingerprint density at radius 3 is 2.42 bits per heavy atom. The van der Waals surface area contributed by atoms with Gasteiger partial charge in [-0.05, 0) is 45.1 Å². The second-order valence-corrected chi connectivity index (χ2v) is 6.37. The molecular weight excluding hydrogens is 336 g/mol. The van der Waals surface area contributed by atoms with E-state index in [4.69, 9.17) is 0 Å². The Labute approximate surface area is 121 Å². The topological polar surface area (TPSA) is 20.3 Å². The summed E-state index contributed by atoms with van der Waals surface area (Å²) in [7, 11) is 1.59.